The van der Waals surface area contributed by atoms with Crippen molar-refractivity contribution in [1.29, 1.82) is 5.26 Å². The number of aromatic amines is 1. The van der Waals surface area contributed by atoms with Crippen LogP contribution in [0.3, 0.4) is 0 Å². The van der Waals surface area contributed by atoms with Crippen LogP contribution in [0.15, 0.2) is 18.5 Å². The van der Waals surface area contributed by atoms with Gasteiger partial charge < -0.3 is 4.98 Å². The van der Waals surface area contributed by atoms with Gasteiger partial charge >= 0.3 is 0 Å². The smallest absolute Gasteiger partial charge is 0.137 e. The molecule has 2 aromatic rings. The van der Waals surface area contributed by atoms with Crippen LogP contribution in [0.2, 0.25) is 0 Å². The van der Waals surface area contributed by atoms with Crippen LogP contribution in [-0.2, 0) is 11.8 Å². The Labute approximate surface area is 95.1 Å². The fraction of sp³-hybridized carbons (Fsp3) is 0.385. The van der Waals surface area contributed by atoms with Crippen molar-refractivity contribution in [1.82, 2.24) is 9.97 Å². The van der Waals surface area contributed by atoms with Gasteiger partial charge in [-0.15, -0.1) is 0 Å². The van der Waals surface area contributed by atoms with Crippen LogP contribution in [0, 0.1) is 11.3 Å². The molecular formula is C13H15N3. The number of fused-ring (bicyclic) bond motifs is 1. The van der Waals surface area contributed by atoms with E-state index in [0.717, 1.165) is 16.6 Å². The second kappa shape index (κ2) is 3.64. The molecule has 2 heterocycles. The predicted octanol–water partition coefficient (Wildman–Crippen LogP) is 2.93. The van der Waals surface area contributed by atoms with Crippen molar-refractivity contribution in [3.63, 3.8) is 0 Å². The van der Waals surface area contributed by atoms with Crippen molar-refractivity contribution >= 4 is 11.0 Å². The van der Waals surface area contributed by atoms with E-state index in [0.29, 0.717) is 6.42 Å². The first-order valence-corrected chi connectivity index (χ1v) is 5.36. The van der Waals surface area contributed by atoms with Gasteiger partial charge in [-0.2, -0.15) is 5.26 Å². The first kappa shape index (κ1) is 10.7. The Morgan fingerprint density at radius 3 is 2.81 bits per heavy atom. The molecule has 16 heavy (non-hydrogen) atoms. The average Bonchev–Trinajstić information content (AvgIpc) is 2.60. The van der Waals surface area contributed by atoms with Crippen LogP contribution in [0.25, 0.3) is 11.0 Å². The van der Waals surface area contributed by atoms with Crippen LogP contribution in [0.4, 0.5) is 0 Å². The summed E-state index contributed by atoms with van der Waals surface area (Å²) in [5.41, 5.74) is 3.16. The van der Waals surface area contributed by atoms with Gasteiger partial charge in [0, 0.05) is 17.8 Å². The summed E-state index contributed by atoms with van der Waals surface area (Å²) >= 11 is 0. The van der Waals surface area contributed by atoms with Gasteiger partial charge in [0.05, 0.1) is 12.5 Å². The van der Waals surface area contributed by atoms with E-state index in [1.54, 1.807) is 0 Å². The highest BCUT2D eigenvalue weighted by Gasteiger charge is 2.15. The lowest BCUT2D eigenvalue weighted by Gasteiger charge is -2.18. The van der Waals surface area contributed by atoms with Gasteiger partial charge in [-0.1, -0.05) is 20.8 Å². The highest BCUT2D eigenvalue weighted by Crippen LogP contribution is 2.26. The zero-order valence-electron chi connectivity index (χ0n) is 9.83. The summed E-state index contributed by atoms with van der Waals surface area (Å²) in [6, 6.07) is 4.30. The maximum atomic E-state index is 8.74. The van der Waals surface area contributed by atoms with Crippen molar-refractivity contribution in [3.05, 3.63) is 29.6 Å². The molecule has 0 spiro atoms. The minimum Gasteiger partial charge on any atom is -0.346 e. The Hall–Kier alpha value is -1.82. The minimum atomic E-state index is 0.0857. The second-order valence-electron chi connectivity index (χ2n) is 5.02. The zero-order valence-corrected chi connectivity index (χ0v) is 9.83. The molecule has 0 atom stereocenters. The van der Waals surface area contributed by atoms with Crippen LogP contribution >= 0.6 is 0 Å². The van der Waals surface area contributed by atoms with E-state index in [1.165, 1.54) is 5.56 Å². The quantitative estimate of drug-likeness (QED) is 0.791. The van der Waals surface area contributed by atoms with E-state index < -0.39 is 0 Å². The first-order valence-electron chi connectivity index (χ1n) is 5.36. The molecule has 0 aliphatic heterocycles. The Bertz CT molecular complexity index is 553. The lowest BCUT2D eigenvalue weighted by atomic mass is 9.87. The Morgan fingerprint density at radius 1 is 1.44 bits per heavy atom. The Balaban J connectivity index is 2.60. The lowest BCUT2D eigenvalue weighted by Crippen LogP contribution is -2.11. The molecule has 2 rings (SSSR count). The molecule has 0 saturated carbocycles. The zero-order chi connectivity index (χ0) is 11.8. The van der Waals surface area contributed by atoms with Crippen molar-refractivity contribution in [3.8, 4) is 6.07 Å². The molecular weight excluding hydrogens is 198 g/mol. The number of nitrogens with zero attached hydrogens (tertiary/aromatic N) is 2. The molecule has 0 aromatic carbocycles. The predicted molar refractivity (Wildman–Crippen MR) is 64.1 cm³/mol. The summed E-state index contributed by atoms with van der Waals surface area (Å²) in [7, 11) is 0. The summed E-state index contributed by atoms with van der Waals surface area (Å²) in [6.07, 6.45) is 4.19. The van der Waals surface area contributed by atoms with Gasteiger partial charge in [0.25, 0.3) is 0 Å². The molecule has 0 fully saturated rings. The fourth-order valence-corrected chi connectivity index (χ4v) is 1.70. The number of hydrogen-bond donors (Lipinski definition) is 1. The standard InChI is InChI=1S/C13H15N3/c1-13(2,3)10-6-11-9(4-5-14)7-15-12(11)16-8-10/h6-8H,4H2,1-3H3,(H,15,16). The van der Waals surface area contributed by atoms with E-state index in [2.05, 4.69) is 42.9 Å². The van der Waals surface area contributed by atoms with Crippen LogP contribution in [0.1, 0.15) is 31.9 Å². The number of aromatic nitrogens is 2. The minimum absolute atomic E-state index is 0.0857. The number of H-pyrrole nitrogens is 1. The molecule has 0 amide bonds. The van der Waals surface area contributed by atoms with E-state index in [-0.39, 0.29) is 5.41 Å². The third-order valence-electron chi connectivity index (χ3n) is 2.75. The van der Waals surface area contributed by atoms with Gasteiger partial charge in [0.15, 0.2) is 0 Å². The number of hydrogen-bond acceptors (Lipinski definition) is 2. The van der Waals surface area contributed by atoms with Gasteiger partial charge in [-0.3, -0.25) is 0 Å². The maximum Gasteiger partial charge on any atom is 0.137 e. The maximum absolute atomic E-state index is 8.74. The molecule has 0 unspecified atom stereocenters. The third kappa shape index (κ3) is 1.79. The molecule has 82 valence electrons. The van der Waals surface area contributed by atoms with E-state index in [9.17, 15) is 0 Å². The normalized spacial score (nSPS) is 11.6. The van der Waals surface area contributed by atoms with Gasteiger partial charge in [0.2, 0.25) is 0 Å². The van der Waals surface area contributed by atoms with Gasteiger partial charge in [-0.25, -0.2) is 4.98 Å². The highest BCUT2D eigenvalue weighted by atomic mass is 14.8. The molecule has 3 heteroatoms. The van der Waals surface area contributed by atoms with E-state index in [1.807, 2.05) is 12.4 Å². The van der Waals surface area contributed by atoms with Crippen LogP contribution in [-0.4, -0.2) is 9.97 Å². The third-order valence-corrected chi connectivity index (χ3v) is 2.75. The largest absolute Gasteiger partial charge is 0.346 e. The highest BCUT2D eigenvalue weighted by molar-refractivity contribution is 5.80. The average molecular weight is 213 g/mol. The molecule has 2 aromatic heterocycles. The molecule has 0 bridgehead atoms. The van der Waals surface area contributed by atoms with Crippen molar-refractivity contribution in [2.75, 3.05) is 0 Å². The summed E-state index contributed by atoms with van der Waals surface area (Å²) in [4.78, 5) is 7.47. The lowest BCUT2D eigenvalue weighted by molar-refractivity contribution is 0.588. The molecule has 1 N–H and O–H groups in total. The summed E-state index contributed by atoms with van der Waals surface area (Å²) in [5.74, 6) is 0. The Kier molecular flexibility index (Phi) is 2.43. The number of rotatable bonds is 1. The first-order chi connectivity index (χ1) is 7.52. The molecule has 0 aliphatic carbocycles. The topological polar surface area (TPSA) is 52.5 Å². The van der Waals surface area contributed by atoms with Crippen molar-refractivity contribution in [2.45, 2.75) is 32.6 Å². The molecule has 0 radical (unpaired) electrons. The SMILES string of the molecule is CC(C)(C)c1cnc2[nH]cc(CC#N)c2c1. The molecule has 0 aliphatic rings. The number of nitrogens with one attached hydrogen (secondary N) is 1. The summed E-state index contributed by atoms with van der Waals surface area (Å²) in [6.45, 7) is 6.48. The van der Waals surface area contributed by atoms with Crippen LogP contribution in [0.5, 0.6) is 0 Å². The number of pyridine rings is 1. The summed E-state index contributed by atoms with van der Waals surface area (Å²) in [5, 5.41) is 9.81. The van der Waals surface area contributed by atoms with Gasteiger partial charge in [-0.05, 0) is 22.6 Å². The molecule has 0 saturated heterocycles. The van der Waals surface area contributed by atoms with Crippen molar-refractivity contribution < 1.29 is 0 Å². The number of nitriles is 1. The summed E-state index contributed by atoms with van der Waals surface area (Å²) < 4.78 is 0. The van der Waals surface area contributed by atoms with Crippen molar-refractivity contribution in [2.24, 2.45) is 0 Å². The van der Waals surface area contributed by atoms with E-state index >= 15 is 0 Å². The monoisotopic (exact) mass is 213 g/mol. The Morgan fingerprint density at radius 2 is 2.19 bits per heavy atom. The van der Waals surface area contributed by atoms with Gasteiger partial charge in [0.1, 0.15) is 5.65 Å². The van der Waals surface area contributed by atoms with E-state index in [4.69, 9.17) is 5.26 Å². The molecule has 3 nitrogen and oxygen atoms in total. The second-order valence-corrected chi connectivity index (χ2v) is 5.02. The fourth-order valence-electron chi connectivity index (χ4n) is 1.70. The van der Waals surface area contributed by atoms with Crippen LogP contribution < -0.4 is 0 Å².